The minimum atomic E-state index is 1.13. The number of unbranched alkanes of at least 4 members (excludes halogenated alkanes) is 9. The van der Waals surface area contributed by atoms with Crippen LogP contribution in [0, 0.1) is 0 Å². The van der Waals surface area contributed by atoms with E-state index in [2.05, 4.69) is 69.9 Å². The first-order valence-electron chi connectivity index (χ1n) is 10.5. The Hall–Kier alpha value is -1.28. The van der Waals surface area contributed by atoms with Crippen LogP contribution in [0.1, 0.15) is 71.1 Å². The van der Waals surface area contributed by atoms with E-state index in [4.69, 9.17) is 0 Å². The van der Waals surface area contributed by atoms with Crippen LogP contribution < -0.4 is 0 Å². The predicted molar refractivity (Wildman–Crippen MR) is 119 cm³/mol. The number of rotatable bonds is 11. The van der Waals surface area contributed by atoms with E-state index in [1.807, 2.05) is 0 Å². The van der Waals surface area contributed by atoms with Crippen LogP contribution in [-0.2, 0) is 6.54 Å². The zero-order chi connectivity index (χ0) is 18.2. The number of fused-ring (bicyclic) bond motifs is 3. The number of benzene rings is 2. The summed E-state index contributed by atoms with van der Waals surface area (Å²) in [4.78, 5) is 0. The Morgan fingerprint density at radius 3 is 2.04 bits per heavy atom. The van der Waals surface area contributed by atoms with Gasteiger partial charge in [-0.1, -0.05) is 98.8 Å². The van der Waals surface area contributed by atoms with Gasteiger partial charge in [-0.25, -0.2) is 0 Å². The highest BCUT2D eigenvalue weighted by atomic mass is 79.9. The largest absolute Gasteiger partial charge is 0.340 e. The van der Waals surface area contributed by atoms with Crippen LogP contribution in [0.15, 0.2) is 46.9 Å². The molecule has 1 nitrogen and oxygen atoms in total. The zero-order valence-corrected chi connectivity index (χ0v) is 17.7. The summed E-state index contributed by atoms with van der Waals surface area (Å²) >= 11 is 3.63. The molecule has 1 heterocycles. The van der Waals surface area contributed by atoms with Gasteiger partial charge in [-0.15, -0.1) is 0 Å². The van der Waals surface area contributed by atoms with Gasteiger partial charge in [0.15, 0.2) is 0 Å². The molecule has 3 aromatic rings. The van der Waals surface area contributed by atoms with Gasteiger partial charge in [0.2, 0.25) is 0 Å². The lowest BCUT2D eigenvalue weighted by molar-refractivity contribution is 0.541. The van der Waals surface area contributed by atoms with Gasteiger partial charge in [0.25, 0.3) is 0 Å². The molecule has 0 aliphatic rings. The SMILES string of the molecule is CCCCCCCCCCCCn1c2ccccc2c2cc(Br)ccc21. The van der Waals surface area contributed by atoms with E-state index in [1.165, 1.54) is 86.0 Å². The second-order valence-corrected chi connectivity index (χ2v) is 8.43. The smallest absolute Gasteiger partial charge is 0.0492 e. The third kappa shape index (κ3) is 4.91. The maximum Gasteiger partial charge on any atom is 0.0492 e. The van der Waals surface area contributed by atoms with E-state index in [0.29, 0.717) is 0 Å². The second-order valence-electron chi connectivity index (χ2n) is 7.51. The molecule has 0 aliphatic carbocycles. The summed E-state index contributed by atoms with van der Waals surface area (Å²) in [6.07, 6.45) is 13.9. The molecule has 0 spiro atoms. The normalized spacial score (nSPS) is 11.6. The minimum Gasteiger partial charge on any atom is -0.340 e. The first kappa shape index (κ1) is 19.5. The van der Waals surface area contributed by atoms with Crippen molar-refractivity contribution in [1.29, 1.82) is 0 Å². The molecule has 0 amide bonds. The van der Waals surface area contributed by atoms with Crippen molar-refractivity contribution in [2.45, 2.75) is 77.7 Å². The highest BCUT2D eigenvalue weighted by molar-refractivity contribution is 9.10. The molecule has 26 heavy (non-hydrogen) atoms. The predicted octanol–water partition coefficient (Wildman–Crippen LogP) is 8.48. The van der Waals surface area contributed by atoms with E-state index in [9.17, 15) is 0 Å². The topological polar surface area (TPSA) is 4.93 Å². The number of aryl methyl sites for hydroxylation is 1. The Morgan fingerprint density at radius 1 is 0.692 bits per heavy atom. The fraction of sp³-hybridized carbons (Fsp3) is 0.500. The van der Waals surface area contributed by atoms with E-state index in [-0.39, 0.29) is 0 Å². The van der Waals surface area contributed by atoms with Crippen molar-refractivity contribution < 1.29 is 0 Å². The van der Waals surface area contributed by atoms with E-state index in [1.54, 1.807) is 0 Å². The van der Waals surface area contributed by atoms with E-state index in [0.717, 1.165) is 11.0 Å². The van der Waals surface area contributed by atoms with Crippen molar-refractivity contribution in [3.8, 4) is 0 Å². The molecular formula is C24H32BrN. The summed E-state index contributed by atoms with van der Waals surface area (Å²) in [5, 5.41) is 2.73. The molecule has 0 radical (unpaired) electrons. The Balaban J connectivity index is 1.51. The molecule has 0 fully saturated rings. The second kappa shape index (κ2) is 10.2. The summed E-state index contributed by atoms with van der Waals surface area (Å²) in [6.45, 7) is 3.41. The van der Waals surface area contributed by atoms with Crippen LogP contribution in [-0.4, -0.2) is 4.57 Å². The Morgan fingerprint density at radius 2 is 1.31 bits per heavy atom. The molecule has 0 saturated heterocycles. The quantitative estimate of drug-likeness (QED) is 0.277. The van der Waals surface area contributed by atoms with Crippen LogP contribution in [0.5, 0.6) is 0 Å². The number of hydrogen-bond donors (Lipinski definition) is 0. The molecule has 2 aromatic carbocycles. The van der Waals surface area contributed by atoms with Crippen LogP contribution in [0.4, 0.5) is 0 Å². The monoisotopic (exact) mass is 413 g/mol. The van der Waals surface area contributed by atoms with Crippen molar-refractivity contribution in [1.82, 2.24) is 4.57 Å². The number of halogens is 1. The molecule has 0 saturated carbocycles. The molecule has 0 unspecified atom stereocenters. The fourth-order valence-electron chi connectivity index (χ4n) is 4.02. The average molecular weight is 414 g/mol. The molecule has 0 atom stereocenters. The van der Waals surface area contributed by atoms with Gasteiger partial charge >= 0.3 is 0 Å². The summed E-state index contributed by atoms with van der Waals surface area (Å²) in [6, 6.07) is 15.5. The number of nitrogens with zero attached hydrogens (tertiary/aromatic N) is 1. The van der Waals surface area contributed by atoms with E-state index >= 15 is 0 Å². The van der Waals surface area contributed by atoms with Gasteiger partial charge in [0, 0.05) is 32.8 Å². The molecule has 0 aliphatic heterocycles. The highest BCUT2D eigenvalue weighted by Crippen LogP contribution is 2.31. The molecule has 2 heteroatoms. The number of aromatic nitrogens is 1. The molecule has 140 valence electrons. The lowest BCUT2D eigenvalue weighted by Crippen LogP contribution is -1.97. The maximum atomic E-state index is 3.63. The third-order valence-electron chi connectivity index (χ3n) is 5.47. The van der Waals surface area contributed by atoms with Gasteiger partial charge < -0.3 is 4.57 Å². The van der Waals surface area contributed by atoms with Crippen molar-refractivity contribution in [3.63, 3.8) is 0 Å². The molecule has 1 aromatic heterocycles. The Bertz CT molecular complexity index is 818. The van der Waals surface area contributed by atoms with Crippen molar-refractivity contribution in [2.75, 3.05) is 0 Å². The number of para-hydroxylation sites is 1. The van der Waals surface area contributed by atoms with Crippen LogP contribution in [0.3, 0.4) is 0 Å². The first-order chi connectivity index (χ1) is 12.8. The van der Waals surface area contributed by atoms with Gasteiger partial charge in [-0.3, -0.25) is 0 Å². The molecule has 0 N–H and O–H groups in total. The number of hydrogen-bond acceptors (Lipinski definition) is 0. The van der Waals surface area contributed by atoms with Crippen LogP contribution >= 0.6 is 15.9 Å². The minimum absolute atomic E-state index is 1.13. The van der Waals surface area contributed by atoms with Crippen LogP contribution in [0.25, 0.3) is 21.8 Å². The van der Waals surface area contributed by atoms with Gasteiger partial charge in [-0.2, -0.15) is 0 Å². The summed E-state index contributed by atoms with van der Waals surface area (Å²) in [7, 11) is 0. The van der Waals surface area contributed by atoms with Gasteiger partial charge in [0.1, 0.15) is 0 Å². The fourth-order valence-corrected chi connectivity index (χ4v) is 4.39. The highest BCUT2D eigenvalue weighted by Gasteiger charge is 2.10. The van der Waals surface area contributed by atoms with Gasteiger partial charge in [0.05, 0.1) is 0 Å². The third-order valence-corrected chi connectivity index (χ3v) is 5.96. The summed E-state index contributed by atoms with van der Waals surface area (Å²) in [5.41, 5.74) is 2.74. The average Bonchev–Trinajstić information content (AvgIpc) is 2.96. The Labute approximate surface area is 166 Å². The van der Waals surface area contributed by atoms with Crippen molar-refractivity contribution in [2.24, 2.45) is 0 Å². The van der Waals surface area contributed by atoms with E-state index < -0.39 is 0 Å². The molecule has 3 rings (SSSR count). The summed E-state index contributed by atoms with van der Waals surface area (Å²) < 4.78 is 3.67. The molecule has 0 bridgehead atoms. The van der Waals surface area contributed by atoms with Gasteiger partial charge in [-0.05, 0) is 30.7 Å². The van der Waals surface area contributed by atoms with Crippen LogP contribution in [0.2, 0.25) is 0 Å². The maximum absolute atomic E-state index is 3.63. The molecular weight excluding hydrogens is 382 g/mol. The van der Waals surface area contributed by atoms with Crippen molar-refractivity contribution in [3.05, 3.63) is 46.9 Å². The lowest BCUT2D eigenvalue weighted by Gasteiger charge is -2.08. The first-order valence-corrected chi connectivity index (χ1v) is 11.3. The Kier molecular flexibility index (Phi) is 7.61. The zero-order valence-electron chi connectivity index (χ0n) is 16.1. The van der Waals surface area contributed by atoms with Crippen molar-refractivity contribution >= 4 is 37.7 Å². The lowest BCUT2D eigenvalue weighted by atomic mass is 10.1. The summed E-state index contributed by atoms with van der Waals surface area (Å²) in [5.74, 6) is 0. The standard InChI is InChI=1S/C24H32BrN/c1-2-3-4-5-6-7-8-9-10-13-18-26-23-15-12-11-14-21(23)22-19-20(25)16-17-24(22)26/h11-12,14-17,19H,2-10,13,18H2,1H3.